The van der Waals surface area contributed by atoms with Crippen molar-refractivity contribution in [3.8, 4) is 0 Å². The lowest BCUT2D eigenvalue weighted by atomic mass is 10.4. The van der Waals surface area contributed by atoms with Crippen LogP contribution in [0.1, 0.15) is 5.69 Å². The number of hydrogen-bond acceptors (Lipinski definition) is 3. The van der Waals surface area contributed by atoms with Crippen LogP contribution >= 0.6 is 11.6 Å². The summed E-state index contributed by atoms with van der Waals surface area (Å²) < 4.78 is 20.5. The van der Waals surface area contributed by atoms with Gasteiger partial charge in [0.2, 0.25) is 0 Å². The van der Waals surface area contributed by atoms with Crippen LogP contribution in [0.4, 0.5) is 0 Å². The molecule has 1 heterocycles. The average molecular weight is 192 g/mol. The maximum atomic E-state index is 10.2. The van der Waals surface area contributed by atoms with Crippen LogP contribution in [0.2, 0.25) is 5.15 Å². The zero-order valence-electron chi connectivity index (χ0n) is 5.53. The molecular formula is C6H6ClNO2S. The molecule has 1 aromatic rings. The molecule has 0 aromatic carbocycles. The van der Waals surface area contributed by atoms with E-state index in [9.17, 15) is 8.42 Å². The fourth-order valence-corrected chi connectivity index (χ4v) is 1.29. The van der Waals surface area contributed by atoms with Crippen LogP contribution in [0.15, 0.2) is 18.2 Å². The standard InChI is InChI=1S/C6H6ClNO2S/c7-6-3-1-2-5(8-6)4-11(9)10/h1-3,11H,4H2. The number of nitrogens with zero attached hydrogens (tertiary/aromatic N) is 1. The van der Waals surface area contributed by atoms with E-state index < -0.39 is 10.7 Å². The molecule has 0 bridgehead atoms. The van der Waals surface area contributed by atoms with E-state index in [0.717, 1.165) is 0 Å². The van der Waals surface area contributed by atoms with Crippen molar-refractivity contribution in [1.29, 1.82) is 0 Å². The molecule has 0 radical (unpaired) electrons. The molecule has 0 aliphatic carbocycles. The summed E-state index contributed by atoms with van der Waals surface area (Å²) in [5.74, 6) is -0.0457. The summed E-state index contributed by atoms with van der Waals surface area (Å²) in [4.78, 5) is 3.79. The highest BCUT2D eigenvalue weighted by atomic mass is 35.5. The van der Waals surface area contributed by atoms with Gasteiger partial charge in [0.1, 0.15) is 15.9 Å². The maximum absolute atomic E-state index is 10.2. The third-order valence-electron chi connectivity index (χ3n) is 1.06. The lowest BCUT2D eigenvalue weighted by Gasteiger charge is -1.92. The van der Waals surface area contributed by atoms with Crippen molar-refractivity contribution < 1.29 is 8.42 Å². The molecule has 0 N–H and O–H groups in total. The van der Waals surface area contributed by atoms with Gasteiger partial charge < -0.3 is 0 Å². The van der Waals surface area contributed by atoms with Gasteiger partial charge in [0.25, 0.3) is 0 Å². The van der Waals surface area contributed by atoms with Crippen molar-refractivity contribution >= 4 is 22.3 Å². The molecule has 11 heavy (non-hydrogen) atoms. The first-order chi connectivity index (χ1) is 5.18. The van der Waals surface area contributed by atoms with Gasteiger partial charge in [-0.2, -0.15) is 0 Å². The summed E-state index contributed by atoms with van der Waals surface area (Å²) in [5.41, 5.74) is 0.480. The third kappa shape index (κ3) is 2.86. The Bertz CT molecular complexity index is 316. The van der Waals surface area contributed by atoms with E-state index in [-0.39, 0.29) is 5.75 Å². The van der Waals surface area contributed by atoms with Crippen LogP contribution in [0.5, 0.6) is 0 Å². The normalized spacial score (nSPS) is 10.4. The number of hydrogen-bond donors (Lipinski definition) is 1. The molecule has 3 nitrogen and oxygen atoms in total. The van der Waals surface area contributed by atoms with Crippen molar-refractivity contribution in [3.63, 3.8) is 0 Å². The van der Waals surface area contributed by atoms with E-state index in [0.29, 0.717) is 10.8 Å². The van der Waals surface area contributed by atoms with Gasteiger partial charge in [0.05, 0.1) is 11.4 Å². The first-order valence-electron chi connectivity index (χ1n) is 2.92. The van der Waals surface area contributed by atoms with Crippen molar-refractivity contribution in [3.05, 3.63) is 29.0 Å². The van der Waals surface area contributed by atoms with Crippen molar-refractivity contribution in [1.82, 2.24) is 4.98 Å². The minimum atomic E-state index is -2.41. The van der Waals surface area contributed by atoms with Crippen LogP contribution < -0.4 is 0 Å². The predicted molar refractivity (Wildman–Crippen MR) is 43.3 cm³/mol. The molecule has 0 amide bonds. The molecular weight excluding hydrogens is 186 g/mol. The van der Waals surface area contributed by atoms with Gasteiger partial charge in [-0.05, 0) is 12.1 Å². The summed E-state index contributed by atoms with van der Waals surface area (Å²) in [6, 6.07) is 4.89. The van der Waals surface area contributed by atoms with E-state index >= 15 is 0 Å². The number of aromatic nitrogens is 1. The predicted octanol–water partition coefficient (Wildman–Crippen LogP) is 0.846. The van der Waals surface area contributed by atoms with Crippen LogP contribution in [0.3, 0.4) is 0 Å². The van der Waals surface area contributed by atoms with E-state index in [4.69, 9.17) is 11.6 Å². The Hall–Kier alpha value is -0.610. The molecule has 5 heteroatoms. The van der Waals surface area contributed by atoms with E-state index in [2.05, 4.69) is 4.98 Å². The summed E-state index contributed by atoms with van der Waals surface area (Å²) in [6.07, 6.45) is 0. The Morgan fingerprint density at radius 3 is 2.73 bits per heavy atom. The van der Waals surface area contributed by atoms with Crippen molar-refractivity contribution in [2.24, 2.45) is 0 Å². The van der Waals surface area contributed by atoms with Gasteiger partial charge >= 0.3 is 0 Å². The second-order valence-electron chi connectivity index (χ2n) is 1.94. The zero-order chi connectivity index (χ0) is 8.27. The Morgan fingerprint density at radius 1 is 1.45 bits per heavy atom. The molecule has 0 spiro atoms. The Morgan fingerprint density at radius 2 is 2.18 bits per heavy atom. The van der Waals surface area contributed by atoms with E-state index in [1.165, 1.54) is 0 Å². The summed E-state index contributed by atoms with van der Waals surface area (Å²) in [7, 11) is -2.41. The lowest BCUT2D eigenvalue weighted by molar-refractivity contribution is 0.613. The quantitative estimate of drug-likeness (QED) is 0.557. The van der Waals surface area contributed by atoms with Gasteiger partial charge in [-0.3, -0.25) is 0 Å². The Kier molecular flexibility index (Phi) is 2.84. The summed E-state index contributed by atoms with van der Waals surface area (Å²) in [6.45, 7) is 0. The SMILES string of the molecule is O=[SH](=O)Cc1cccc(Cl)n1. The highest BCUT2D eigenvalue weighted by molar-refractivity contribution is 7.71. The fourth-order valence-electron chi connectivity index (χ4n) is 0.671. The Balaban J connectivity index is 2.87. The van der Waals surface area contributed by atoms with Crippen molar-refractivity contribution in [2.45, 2.75) is 5.75 Å². The number of pyridine rings is 1. The fraction of sp³-hybridized carbons (Fsp3) is 0.167. The molecule has 60 valence electrons. The van der Waals surface area contributed by atoms with Crippen LogP contribution in [-0.4, -0.2) is 13.4 Å². The number of thiol groups is 1. The molecule has 0 saturated heterocycles. The second-order valence-corrected chi connectivity index (χ2v) is 3.31. The molecule has 0 aliphatic heterocycles. The highest BCUT2D eigenvalue weighted by Crippen LogP contribution is 2.05. The molecule has 0 unspecified atom stereocenters. The second kappa shape index (κ2) is 3.69. The number of halogens is 1. The van der Waals surface area contributed by atoms with Gasteiger partial charge in [0.15, 0.2) is 0 Å². The molecule has 0 aliphatic rings. The first kappa shape index (κ1) is 8.49. The van der Waals surface area contributed by atoms with Gasteiger partial charge in [-0.25, -0.2) is 13.4 Å². The Labute approximate surface area is 71.0 Å². The molecule has 1 aromatic heterocycles. The van der Waals surface area contributed by atoms with Gasteiger partial charge in [0, 0.05) is 0 Å². The lowest BCUT2D eigenvalue weighted by Crippen LogP contribution is -1.90. The largest absolute Gasteiger partial charge is 0.240 e. The smallest absolute Gasteiger partial charge is 0.145 e. The zero-order valence-corrected chi connectivity index (χ0v) is 7.18. The minimum Gasteiger partial charge on any atom is -0.240 e. The van der Waals surface area contributed by atoms with Crippen LogP contribution in [-0.2, 0) is 16.5 Å². The summed E-state index contributed by atoms with van der Waals surface area (Å²) >= 11 is 5.52. The molecule has 0 saturated carbocycles. The first-order valence-corrected chi connectivity index (χ1v) is 4.66. The van der Waals surface area contributed by atoms with E-state index in [1.54, 1.807) is 18.2 Å². The third-order valence-corrected chi connectivity index (χ3v) is 1.86. The monoisotopic (exact) mass is 191 g/mol. The molecule has 1 rings (SSSR count). The molecule has 0 atom stereocenters. The number of rotatable bonds is 2. The van der Waals surface area contributed by atoms with Gasteiger partial charge in [-0.15, -0.1) is 0 Å². The van der Waals surface area contributed by atoms with Crippen LogP contribution in [0, 0.1) is 0 Å². The van der Waals surface area contributed by atoms with Crippen LogP contribution in [0.25, 0.3) is 0 Å². The van der Waals surface area contributed by atoms with E-state index in [1.807, 2.05) is 0 Å². The van der Waals surface area contributed by atoms with Gasteiger partial charge in [-0.1, -0.05) is 17.7 Å². The average Bonchev–Trinajstić information content (AvgIpc) is 1.85. The molecule has 0 fully saturated rings. The maximum Gasteiger partial charge on any atom is 0.145 e. The highest BCUT2D eigenvalue weighted by Gasteiger charge is 1.95. The van der Waals surface area contributed by atoms with Crippen molar-refractivity contribution in [2.75, 3.05) is 0 Å². The minimum absolute atomic E-state index is 0.0457. The topological polar surface area (TPSA) is 47.0 Å². The summed E-state index contributed by atoms with van der Waals surface area (Å²) in [5, 5.41) is 0.319.